The van der Waals surface area contributed by atoms with E-state index in [1.54, 1.807) is 0 Å². The second kappa shape index (κ2) is 4.26. The van der Waals surface area contributed by atoms with Crippen LogP contribution in [0.3, 0.4) is 0 Å². The van der Waals surface area contributed by atoms with E-state index in [4.69, 9.17) is 0 Å². The molecule has 1 aliphatic rings. The Morgan fingerprint density at radius 2 is 2.38 bits per heavy atom. The van der Waals surface area contributed by atoms with Gasteiger partial charge in [0, 0.05) is 13.1 Å². The van der Waals surface area contributed by atoms with Gasteiger partial charge in [-0.1, -0.05) is 32.1 Å². The Morgan fingerprint density at radius 3 is 2.92 bits per heavy atom. The van der Waals surface area contributed by atoms with E-state index in [0.717, 1.165) is 19.5 Å². The maximum Gasteiger partial charge on any atom is 0.246 e. The number of amides is 1. The molecule has 1 aliphatic heterocycles. The van der Waals surface area contributed by atoms with E-state index in [2.05, 4.69) is 26.5 Å². The van der Waals surface area contributed by atoms with E-state index < -0.39 is 0 Å². The Hall–Kier alpha value is -1.05. The van der Waals surface area contributed by atoms with Gasteiger partial charge in [-0.3, -0.25) is 4.79 Å². The fourth-order valence-electron chi connectivity index (χ4n) is 1.51. The van der Waals surface area contributed by atoms with E-state index in [0.29, 0.717) is 5.92 Å². The van der Waals surface area contributed by atoms with Crippen molar-refractivity contribution >= 4 is 5.91 Å². The van der Waals surface area contributed by atoms with Gasteiger partial charge in [-0.05, 0) is 18.4 Å². The highest BCUT2D eigenvalue weighted by atomic mass is 16.2. The number of nitrogens with zero attached hydrogens (tertiary/aromatic N) is 1. The molecule has 1 rings (SSSR count). The Labute approximate surface area is 79.9 Å². The molecular formula is C11H17NO. The van der Waals surface area contributed by atoms with E-state index in [1.807, 2.05) is 4.90 Å². The van der Waals surface area contributed by atoms with Crippen molar-refractivity contribution in [3.63, 3.8) is 0 Å². The Kier molecular flexibility index (Phi) is 3.29. The molecular weight excluding hydrogens is 162 g/mol. The van der Waals surface area contributed by atoms with Crippen molar-refractivity contribution < 1.29 is 4.79 Å². The lowest BCUT2D eigenvalue weighted by Crippen LogP contribution is -2.35. The third-order valence-electron chi connectivity index (χ3n) is 2.41. The van der Waals surface area contributed by atoms with Crippen LogP contribution in [-0.4, -0.2) is 23.9 Å². The molecule has 1 amide bonds. The summed E-state index contributed by atoms with van der Waals surface area (Å²) in [7, 11) is 0. The van der Waals surface area contributed by atoms with Crippen molar-refractivity contribution in [1.82, 2.24) is 4.90 Å². The summed E-state index contributed by atoms with van der Waals surface area (Å²) >= 11 is 0. The molecule has 1 heterocycles. The molecule has 13 heavy (non-hydrogen) atoms. The first-order valence-corrected chi connectivity index (χ1v) is 4.75. The van der Waals surface area contributed by atoms with Gasteiger partial charge in [0.25, 0.3) is 0 Å². The third-order valence-corrected chi connectivity index (χ3v) is 2.41. The molecule has 0 radical (unpaired) electrons. The zero-order valence-corrected chi connectivity index (χ0v) is 8.42. The first-order chi connectivity index (χ1) is 6.15. The van der Waals surface area contributed by atoms with Crippen LogP contribution in [0.5, 0.6) is 0 Å². The van der Waals surface area contributed by atoms with Gasteiger partial charge in [-0.2, -0.15) is 0 Å². The van der Waals surface area contributed by atoms with E-state index >= 15 is 0 Å². The van der Waals surface area contributed by atoms with Crippen LogP contribution < -0.4 is 0 Å². The van der Waals surface area contributed by atoms with Gasteiger partial charge < -0.3 is 4.90 Å². The summed E-state index contributed by atoms with van der Waals surface area (Å²) in [5.74, 6) is 0.590. The Morgan fingerprint density at radius 1 is 1.69 bits per heavy atom. The van der Waals surface area contributed by atoms with Crippen LogP contribution in [-0.2, 0) is 4.79 Å². The summed E-state index contributed by atoms with van der Waals surface area (Å²) in [6.45, 7) is 9.43. The highest BCUT2D eigenvalue weighted by Gasteiger charge is 2.16. The highest BCUT2D eigenvalue weighted by Crippen LogP contribution is 2.17. The van der Waals surface area contributed by atoms with Gasteiger partial charge in [-0.25, -0.2) is 0 Å². The average molecular weight is 179 g/mol. The lowest BCUT2D eigenvalue weighted by Gasteiger charge is -2.28. The molecule has 2 nitrogen and oxygen atoms in total. The van der Waals surface area contributed by atoms with Gasteiger partial charge in [0.2, 0.25) is 5.91 Å². The van der Waals surface area contributed by atoms with Gasteiger partial charge >= 0.3 is 0 Å². The molecule has 2 heteroatoms. The Bertz CT molecular complexity index is 240. The molecule has 72 valence electrons. The van der Waals surface area contributed by atoms with Crippen LogP contribution in [0.25, 0.3) is 0 Å². The van der Waals surface area contributed by atoms with Crippen LogP contribution in [0.1, 0.15) is 20.3 Å². The van der Waals surface area contributed by atoms with E-state index in [-0.39, 0.29) is 5.91 Å². The van der Waals surface area contributed by atoms with Crippen molar-refractivity contribution in [2.45, 2.75) is 20.3 Å². The molecule has 0 saturated carbocycles. The first kappa shape index (κ1) is 10.0. The summed E-state index contributed by atoms with van der Waals surface area (Å²) in [6.07, 6.45) is 4.62. The summed E-state index contributed by atoms with van der Waals surface area (Å²) < 4.78 is 0. The van der Waals surface area contributed by atoms with Crippen LogP contribution in [0.2, 0.25) is 0 Å². The predicted molar refractivity (Wildman–Crippen MR) is 54.3 cm³/mol. The highest BCUT2D eigenvalue weighted by molar-refractivity contribution is 5.87. The van der Waals surface area contributed by atoms with Crippen molar-refractivity contribution in [1.29, 1.82) is 0 Å². The zero-order chi connectivity index (χ0) is 9.84. The molecule has 0 aliphatic carbocycles. The van der Waals surface area contributed by atoms with Gasteiger partial charge in [0.15, 0.2) is 0 Å². The molecule has 0 aromatic carbocycles. The molecule has 0 unspecified atom stereocenters. The van der Waals surface area contributed by atoms with E-state index in [1.165, 1.54) is 11.6 Å². The third kappa shape index (κ3) is 2.44. The molecule has 0 atom stereocenters. The molecule has 0 N–H and O–H groups in total. The fraction of sp³-hybridized carbons (Fsp3) is 0.545. The minimum Gasteiger partial charge on any atom is -0.335 e. The number of carbonyl (C=O) groups excluding carboxylic acids is 1. The fourth-order valence-corrected chi connectivity index (χ4v) is 1.51. The zero-order valence-electron chi connectivity index (χ0n) is 8.42. The molecule has 0 fully saturated rings. The molecule has 0 bridgehead atoms. The van der Waals surface area contributed by atoms with Crippen LogP contribution in [0.4, 0.5) is 0 Å². The number of hydrogen-bond acceptors (Lipinski definition) is 1. The summed E-state index contributed by atoms with van der Waals surface area (Å²) in [5, 5.41) is 0. The molecule has 0 aromatic heterocycles. The smallest absolute Gasteiger partial charge is 0.246 e. The van der Waals surface area contributed by atoms with Crippen LogP contribution in [0.15, 0.2) is 24.3 Å². The van der Waals surface area contributed by atoms with E-state index in [9.17, 15) is 4.79 Å². The lowest BCUT2D eigenvalue weighted by molar-refractivity contribution is -0.125. The lowest BCUT2D eigenvalue weighted by atomic mass is 9.99. The molecule has 0 aromatic rings. The first-order valence-electron chi connectivity index (χ1n) is 4.75. The SMILES string of the molecule is C=CC(=O)N1CCC=C(C(C)C)C1. The normalized spacial score (nSPS) is 17.2. The second-order valence-corrected chi connectivity index (χ2v) is 3.69. The predicted octanol–water partition coefficient (Wildman–Crippen LogP) is 1.99. The minimum absolute atomic E-state index is 0.0475. The summed E-state index contributed by atoms with van der Waals surface area (Å²) in [6, 6.07) is 0. The average Bonchev–Trinajstić information content (AvgIpc) is 2.17. The monoisotopic (exact) mass is 179 g/mol. The minimum atomic E-state index is 0.0475. The van der Waals surface area contributed by atoms with Gasteiger partial charge in [0.1, 0.15) is 0 Å². The van der Waals surface area contributed by atoms with Crippen molar-refractivity contribution in [2.24, 2.45) is 5.92 Å². The quantitative estimate of drug-likeness (QED) is 0.469. The summed E-state index contributed by atoms with van der Waals surface area (Å²) in [4.78, 5) is 13.2. The largest absolute Gasteiger partial charge is 0.335 e. The van der Waals surface area contributed by atoms with Crippen LogP contribution >= 0.6 is 0 Å². The number of rotatable bonds is 2. The van der Waals surface area contributed by atoms with Crippen molar-refractivity contribution in [3.8, 4) is 0 Å². The Balaban J connectivity index is 2.62. The molecule has 0 saturated heterocycles. The maximum absolute atomic E-state index is 11.3. The summed E-state index contributed by atoms with van der Waals surface area (Å²) in [5.41, 5.74) is 1.36. The van der Waals surface area contributed by atoms with Gasteiger partial charge in [0.05, 0.1) is 0 Å². The number of carbonyl (C=O) groups is 1. The van der Waals surface area contributed by atoms with Crippen molar-refractivity contribution in [2.75, 3.05) is 13.1 Å². The van der Waals surface area contributed by atoms with Crippen LogP contribution in [0, 0.1) is 5.92 Å². The number of hydrogen-bond donors (Lipinski definition) is 0. The topological polar surface area (TPSA) is 20.3 Å². The second-order valence-electron chi connectivity index (χ2n) is 3.69. The standard InChI is InChI=1S/C11H17NO/c1-4-11(13)12-7-5-6-10(8-12)9(2)3/h4,6,9H,1,5,7-8H2,2-3H3. The molecule has 0 spiro atoms. The maximum atomic E-state index is 11.3. The van der Waals surface area contributed by atoms with Crippen molar-refractivity contribution in [3.05, 3.63) is 24.3 Å². The van der Waals surface area contributed by atoms with Gasteiger partial charge in [-0.15, -0.1) is 0 Å².